The highest BCUT2D eigenvalue weighted by atomic mass is 32.2. The molecule has 33 heavy (non-hydrogen) atoms. The highest BCUT2D eigenvalue weighted by Crippen LogP contribution is 2.22. The number of hydrogen-bond donors (Lipinski definition) is 1. The molecule has 0 saturated heterocycles. The van der Waals surface area contributed by atoms with Gasteiger partial charge in [0.25, 0.3) is 0 Å². The molecule has 2 aromatic carbocycles. The normalized spacial score (nSPS) is 12.3. The first-order valence-electron chi connectivity index (χ1n) is 10.5. The molecule has 0 heterocycles. The molecular weight excluding hydrogens is 452 g/mol. The van der Waals surface area contributed by atoms with Crippen LogP contribution in [0.5, 0.6) is 0 Å². The third kappa shape index (κ3) is 7.24. The molecule has 0 radical (unpaired) electrons. The van der Waals surface area contributed by atoms with Crippen LogP contribution in [0.4, 0.5) is 14.5 Å². The van der Waals surface area contributed by atoms with Crippen molar-refractivity contribution in [1.82, 2.24) is 10.2 Å². The summed E-state index contributed by atoms with van der Waals surface area (Å²) in [5.41, 5.74) is 0.560. The lowest BCUT2D eigenvalue weighted by Crippen LogP contribution is -2.53. The highest BCUT2D eigenvalue weighted by Gasteiger charge is 2.32. The van der Waals surface area contributed by atoms with Gasteiger partial charge >= 0.3 is 0 Å². The number of benzene rings is 2. The fraction of sp³-hybridized carbons (Fsp3) is 0.391. The average molecular weight is 482 g/mol. The van der Waals surface area contributed by atoms with Crippen LogP contribution in [0, 0.1) is 11.6 Å². The van der Waals surface area contributed by atoms with Crippen LogP contribution >= 0.6 is 0 Å². The Morgan fingerprint density at radius 2 is 1.67 bits per heavy atom. The number of rotatable bonds is 10. The molecule has 180 valence electrons. The van der Waals surface area contributed by atoms with Crippen molar-refractivity contribution >= 4 is 27.5 Å². The van der Waals surface area contributed by atoms with Crippen molar-refractivity contribution in [1.29, 1.82) is 0 Å². The monoisotopic (exact) mass is 481 g/mol. The molecule has 7 nitrogen and oxygen atoms in total. The minimum absolute atomic E-state index is 0.0685. The average Bonchev–Trinajstić information content (AvgIpc) is 2.73. The topological polar surface area (TPSA) is 86.8 Å². The Hall–Kier alpha value is -3.01. The highest BCUT2D eigenvalue weighted by molar-refractivity contribution is 7.92. The van der Waals surface area contributed by atoms with E-state index in [0.717, 1.165) is 24.0 Å². The molecule has 2 aromatic rings. The standard InChI is InChI=1S/C23H29F2N3O4S/c1-5-21(23(30)26-16(2)3)27(14-17-9-7-6-8-10-17)22(29)15-28(33(4,31)32)18-11-12-19(24)20(25)13-18/h6-13,16,21H,5,14-15H2,1-4H3,(H,26,30). The summed E-state index contributed by atoms with van der Waals surface area (Å²) < 4.78 is 52.7. The molecule has 2 amide bonds. The Balaban J connectivity index is 2.43. The van der Waals surface area contributed by atoms with E-state index in [1.54, 1.807) is 45.0 Å². The SMILES string of the molecule is CCC(C(=O)NC(C)C)N(Cc1ccccc1)C(=O)CN(c1ccc(F)c(F)c1)S(C)(=O)=O. The quantitative estimate of drug-likeness (QED) is 0.565. The Morgan fingerprint density at radius 1 is 1.03 bits per heavy atom. The number of hydrogen-bond acceptors (Lipinski definition) is 4. The first-order valence-corrected chi connectivity index (χ1v) is 12.3. The van der Waals surface area contributed by atoms with Gasteiger partial charge in [0.05, 0.1) is 11.9 Å². The number of nitrogens with zero attached hydrogens (tertiary/aromatic N) is 2. The summed E-state index contributed by atoms with van der Waals surface area (Å²) in [5.74, 6) is -3.39. The van der Waals surface area contributed by atoms with Gasteiger partial charge in [-0.1, -0.05) is 37.3 Å². The largest absolute Gasteiger partial charge is 0.352 e. The van der Waals surface area contributed by atoms with Crippen molar-refractivity contribution < 1.29 is 26.8 Å². The molecule has 0 aromatic heterocycles. The number of anilines is 1. The Bertz CT molecular complexity index is 1080. The summed E-state index contributed by atoms with van der Waals surface area (Å²) >= 11 is 0. The summed E-state index contributed by atoms with van der Waals surface area (Å²) in [5, 5.41) is 2.79. The van der Waals surface area contributed by atoms with Gasteiger partial charge in [0.1, 0.15) is 12.6 Å². The third-order valence-electron chi connectivity index (χ3n) is 4.88. The van der Waals surface area contributed by atoms with Crippen molar-refractivity contribution in [3.05, 3.63) is 65.7 Å². The molecule has 1 atom stereocenters. The maximum absolute atomic E-state index is 13.8. The number of amides is 2. The molecule has 0 saturated carbocycles. The van der Waals surface area contributed by atoms with Gasteiger partial charge in [0.15, 0.2) is 11.6 Å². The summed E-state index contributed by atoms with van der Waals surface area (Å²) in [6.45, 7) is 4.73. The molecule has 0 aliphatic rings. The summed E-state index contributed by atoms with van der Waals surface area (Å²) in [7, 11) is -4.02. The predicted octanol–water partition coefficient (Wildman–Crippen LogP) is 3.06. The summed E-state index contributed by atoms with van der Waals surface area (Å²) in [4.78, 5) is 27.5. The molecule has 1 N–H and O–H groups in total. The van der Waals surface area contributed by atoms with Gasteiger partial charge in [-0.25, -0.2) is 17.2 Å². The molecule has 0 aliphatic heterocycles. The third-order valence-corrected chi connectivity index (χ3v) is 6.02. The van der Waals surface area contributed by atoms with Crippen LogP contribution in [0.25, 0.3) is 0 Å². The number of sulfonamides is 1. The van der Waals surface area contributed by atoms with Crippen molar-refractivity contribution in [2.24, 2.45) is 0 Å². The lowest BCUT2D eigenvalue weighted by Gasteiger charge is -2.33. The smallest absolute Gasteiger partial charge is 0.244 e. The zero-order valence-corrected chi connectivity index (χ0v) is 19.9. The predicted molar refractivity (Wildman–Crippen MR) is 123 cm³/mol. The Morgan fingerprint density at radius 3 is 2.18 bits per heavy atom. The van der Waals surface area contributed by atoms with Crippen LogP contribution in [0.2, 0.25) is 0 Å². The van der Waals surface area contributed by atoms with Gasteiger partial charge in [0.2, 0.25) is 21.8 Å². The summed E-state index contributed by atoms with van der Waals surface area (Å²) in [6, 6.07) is 10.5. The maximum atomic E-state index is 13.8. The molecule has 0 fully saturated rings. The van der Waals surface area contributed by atoms with Crippen molar-refractivity contribution in [2.45, 2.75) is 45.8 Å². The molecular formula is C23H29F2N3O4S. The zero-order valence-electron chi connectivity index (χ0n) is 19.1. The molecule has 10 heteroatoms. The second kappa shape index (κ2) is 11.2. The van der Waals surface area contributed by atoms with Gasteiger partial charge < -0.3 is 10.2 Å². The second-order valence-electron chi connectivity index (χ2n) is 7.96. The second-order valence-corrected chi connectivity index (χ2v) is 9.87. The van der Waals surface area contributed by atoms with E-state index in [-0.39, 0.29) is 24.2 Å². The lowest BCUT2D eigenvalue weighted by atomic mass is 10.1. The van der Waals surface area contributed by atoms with Crippen molar-refractivity contribution in [3.63, 3.8) is 0 Å². The maximum Gasteiger partial charge on any atom is 0.244 e. The number of carbonyl (C=O) groups excluding carboxylic acids is 2. The van der Waals surface area contributed by atoms with Gasteiger partial charge in [-0.3, -0.25) is 13.9 Å². The fourth-order valence-electron chi connectivity index (χ4n) is 3.33. The van der Waals surface area contributed by atoms with Crippen LogP contribution < -0.4 is 9.62 Å². The first kappa shape index (κ1) is 26.2. The van der Waals surface area contributed by atoms with E-state index >= 15 is 0 Å². The van der Waals surface area contributed by atoms with Crippen LogP contribution in [0.3, 0.4) is 0 Å². The van der Waals surface area contributed by atoms with E-state index in [2.05, 4.69) is 5.32 Å². The van der Waals surface area contributed by atoms with Gasteiger partial charge in [-0.2, -0.15) is 0 Å². The van der Waals surface area contributed by atoms with Crippen LogP contribution in [-0.2, 0) is 26.2 Å². The van der Waals surface area contributed by atoms with E-state index in [4.69, 9.17) is 0 Å². The van der Waals surface area contributed by atoms with Crippen molar-refractivity contribution in [3.8, 4) is 0 Å². The minimum Gasteiger partial charge on any atom is -0.352 e. The van der Waals surface area contributed by atoms with Crippen LogP contribution in [-0.4, -0.2) is 50.0 Å². The molecule has 0 spiro atoms. The molecule has 0 bridgehead atoms. The number of carbonyl (C=O) groups is 2. The molecule has 1 unspecified atom stereocenters. The van der Waals surface area contributed by atoms with E-state index < -0.39 is 40.2 Å². The van der Waals surface area contributed by atoms with Crippen molar-refractivity contribution in [2.75, 3.05) is 17.1 Å². The zero-order chi connectivity index (χ0) is 24.8. The van der Waals surface area contributed by atoms with Crippen LogP contribution in [0.1, 0.15) is 32.8 Å². The summed E-state index contributed by atoms with van der Waals surface area (Å²) in [6.07, 6.45) is 1.16. The van der Waals surface area contributed by atoms with E-state index in [0.29, 0.717) is 16.8 Å². The first-order chi connectivity index (χ1) is 15.4. The number of nitrogens with one attached hydrogen (secondary N) is 1. The lowest BCUT2D eigenvalue weighted by molar-refractivity contribution is -0.140. The molecule has 0 aliphatic carbocycles. The van der Waals surface area contributed by atoms with E-state index in [1.165, 1.54) is 4.90 Å². The van der Waals surface area contributed by atoms with Gasteiger partial charge in [-0.05, 0) is 38.0 Å². The Labute approximate surface area is 193 Å². The minimum atomic E-state index is -4.02. The van der Waals surface area contributed by atoms with E-state index in [9.17, 15) is 26.8 Å². The van der Waals surface area contributed by atoms with Gasteiger partial charge in [0, 0.05) is 18.7 Å². The van der Waals surface area contributed by atoms with Gasteiger partial charge in [-0.15, -0.1) is 0 Å². The van der Waals surface area contributed by atoms with E-state index in [1.807, 2.05) is 6.07 Å². The molecule has 2 rings (SSSR count). The fourth-order valence-corrected chi connectivity index (χ4v) is 4.18. The van der Waals surface area contributed by atoms with Crippen LogP contribution in [0.15, 0.2) is 48.5 Å². The Kier molecular flexibility index (Phi) is 8.92. The number of halogens is 2.